The van der Waals surface area contributed by atoms with Gasteiger partial charge in [0.2, 0.25) is 5.91 Å². The highest BCUT2D eigenvalue weighted by molar-refractivity contribution is 7.84. The molecule has 1 N–H and O–H groups in total. The van der Waals surface area contributed by atoms with Crippen molar-refractivity contribution in [1.82, 2.24) is 14.7 Å². The first kappa shape index (κ1) is 17.1. The first-order chi connectivity index (χ1) is 11.5. The number of amides is 1. The number of pyridine rings is 1. The molecule has 1 aliphatic rings. The predicted molar refractivity (Wildman–Crippen MR) is 96.0 cm³/mol. The molecule has 0 saturated heterocycles. The first-order valence-electron chi connectivity index (χ1n) is 8.60. The van der Waals surface area contributed by atoms with Gasteiger partial charge in [0, 0.05) is 29.2 Å². The maximum Gasteiger partial charge on any atom is 0.232 e. The minimum absolute atomic E-state index is 0.0471. The lowest BCUT2D eigenvalue weighted by molar-refractivity contribution is -0.120. The monoisotopic (exact) mass is 347 g/mol. The quantitative estimate of drug-likeness (QED) is 0.904. The molecule has 6 heteroatoms. The molecule has 0 aromatic carbocycles. The van der Waals surface area contributed by atoms with E-state index in [1.807, 2.05) is 35.0 Å². The van der Waals surface area contributed by atoms with Crippen molar-refractivity contribution in [2.24, 2.45) is 11.8 Å². The largest absolute Gasteiger partial charge is 0.352 e. The number of carbonyl (C=O) groups is 1. The molecule has 3 rings (SSSR count). The van der Waals surface area contributed by atoms with Crippen LogP contribution in [0.4, 0.5) is 0 Å². The topological polar surface area (TPSA) is 63.5 Å². The van der Waals surface area contributed by atoms with E-state index in [1.54, 1.807) is 0 Å². The average Bonchev–Trinajstić information content (AvgIpc) is 2.93. The van der Waals surface area contributed by atoms with E-state index in [0.717, 1.165) is 24.2 Å². The first-order valence-corrected chi connectivity index (χ1v) is 10.1. The van der Waals surface area contributed by atoms with Crippen LogP contribution in [0.3, 0.4) is 0 Å². The molecule has 0 spiro atoms. The van der Waals surface area contributed by atoms with Crippen LogP contribution in [0.2, 0.25) is 0 Å². The third-order valence-corrected chi connectivity index (χ3v) is 6.27. The SMILES string of the molecule is CC1CCCC(NC(=O)CS(=O)Cc2cn3ccccc3n2)C1C. The number of aromatic nitrogens is 2. The average molecular weight is 347 g/mol. The minimum atomic E-state index is -1.24. The number of rotatable bonds is 5. The zero-order valence-electron chi connectivity index (χ0n) is 14.3. The fraction of sp³-hybridized carbons (Fsp3) is 0.556. The Labute approximate surface area is 145 Å². The van der Waals surface area contributed by atoms with Crippen molar-refractivity contribution in [3.63, 3.8) is 0 Å². The molecule has 4 unspecified atom stereocenters. The van der Waals surface area contributed by atoms with E-state index in [4.69, 9.17) is 0 Å². The molecule has 1 amide bonds. The second-order valence-electron chi connectivity index (χ2n) is 6.87. The molecule has 5 nitrogen and oxygen atoms in total. The Bertz CT molecular complexity index is 710. The smallest absolute Gasteiger partial charge is 0.232 e. The normalized spacial score (nSPS) is 25.5. The summed E-state index contributed by atoms with van der Waals surface area (Å²) in [5.74, 6) is 1.36. The summed E-state index contributed by atoms with van der Waals surface area (Å²) in [5, 5.41) is 3.08. The molecule has 1 fully saturated rings. The van der Waals surface area contributed by atoms with Crippen molar-refractivity contribution in [2.75, 3.05) is 5.75 Å². The van der Waals surface area contributed by atoms with Crippen molar-refractivity contribution >= 4 is 22.4 Å². The molecule has 2 heterocycles. The van der Waals surface area contributed by atoms with E-state index < -0.39 is 10.8 Å². The summed E-state index contributed by atoms with van der Waals surface area (Å²) in [6.45, 7) is 4.44. The molecule has 0 aliphatic heterocycles. The second kappa shape index (κ2) is 7.47. The van der Waals surface area contributed by atoms with Crippen molar-refractivity contribution < 1.29 is 9.00 Å². The highest BCUT2D eigenvalue weighted by Gasteiger charge is 2.28. The van der Waals surface area contributed by atoms with Crippen LogP contribution in [0, 0.1) is 11.8 Å². The van der Waals surface area contributed by atoms with Crippen LogP contribution in [0.1, 0.15) is 38.8 Å². The van der Waals surface area contributed by atoms with Gasteiger partial charge in [-0.3, -0.25) is 9.00 Å². The van der Waals surface area contributed by atoms with Crippen molar-refractivity contribution in [1.29, 1.82) is 0 Å². The maximum absolute atomic E-state index is 12.3. The molecule has 24 heavy (non-hydrogen) atoms. The number of imidazole rings is 1. The summed E-state index contributed by atoms with van der Waals surface area (Å²) in [7, 11) is -1.24. The molecule has 0 bridgehead atoms. The van der Waals surface area contributed by atoms with Crippen LogP contribution in [-0.2, 0) is 21.3 Å². The Morgan fingerprint density at radius 1 is 1.38 bits per heavy atom. The van der Waals surface area contributed by atoms with E-state index >= 15 is 0 Å². The Morgan fingerprint density at radius 2 is 2.21 bits per heavy atom. The number of hydrogen-bond acceptors (Lipinski definition) is 3. The van der Waals surface area contributed by atoms with E-state index in [0.29, 0.717) is 17.6 Å². The maximum atomic E-state index is 12.3. The van der Waals surface area contributed by atoms with Crippen LogP contribution in [-0.4, -0.2) is 31.3 Å². The third kappa shape index (κ3) is 4.04. The van der Waals surface area contributed by atoms with Crippen molar-refractivity contribution in [3.05, 3.63) is 36.3 Å². The van der Waals surface area contributed by atoms with Gasteiger partial charge in [0.05, 0.1) is 11.4 Å². The fourth-order valence-electron chi connectivity index (χ4n) is 3.45. The number of carbonyl (C=O) groups excluding carboxylic acids is 1. The molecule has 2 aromatic heterocycles. The van der Waals surface area contributed by atoms with Crippen LogP contribution in [0.5, 0.6) is 0 Å². The number of nitrogens with zero attached hydrogens (tertiary/aromatic N) is 2. The zero-order chi connectivity index (χ0) is 17.1. The zero-order valence-corrected chi connectivity index (χ0v) is 15.1. The molecule has 4 atom stereocenters. The Hall–Kier alpha value is -1.69. The number of fused-ring (bicyclic) bond motifs is 1. The van der Waals surface area contributed by atoms with Crippen LogP contribution >= 0.6 is 0 Å². The van der Waals surface area contributed by atoms with Gasteiger partial charge in [0.1, 0.15) is 11.4 Å². The fourth-order valence-corrected chi connectivity index (χ4v) is 4.40. The van der Waals surface area contributed by atoms with Crippen LogP contribution in [0.15, 0.2) is 30.6 Å². The van der Waals surface area contributed by atoms with Gasteiger partial charge in [-0.2, -0.15) is 0 Å². The number of nitrogens with one attached hydrogen (secondary N) is 1. The Kier molecular flexibility index (Phi) is 5.33. The second-order valence-corrected chi connectivity index (χ2v) is 8.33. The van der Waals surface area contributed by atoms with Gasteiger partial charge in [-0.1, -0.05) is 32.8 Å². The predicted octanol–water partition coefficient (Wildman–Crippen LogP) is 2.52. The molecule has 0 radical (unpaired) electrons. The van der Waals surface area contributed by atoms with E-state index in [1.165, 1.54) is 6.42 Å². The molecule has 1 saturated carbocycles. The highest BCUT2D eigenvalue weighted by atomic mass is 32.2. The summed E-state index contributed by atoms with van der Waals surface area (Å²) in [6.07, 6.45) is 7.19. The summed E-state index contributed by atoms with van der Waals surface area (Å²) < 4.78 is 14.2. The van der Waals surface area contributed by atoms with Crippen LogP contribution in [0.25, 0.3) is 5.65 Å². The molecule has 1 aliphatic carbocycles. The van der Waals surface area contributed by atoms with Gasteiger partial charge >= 0.3 is 0 Å². The van der Waals surface area contributed by atoms with E-state index in [-0.39, 0.29) is 17.7 Å². The van der Waals surface area contributed by atoms with E-state index in [2.05, 4.69) is 24.1 Å². The summed E-state index contributed by atoms with van der Waals surface area (Å²) in [6, 6.07) is 5.97. The Morgan fingerprint density at radius 3 is 3.00 bits per heavy atom. The highest BCUT2D eigenvalue weighted by Crippen LogP contribution is 2.29. The molecular weight excluding hydrogens is 322 g/mol. The third-order valence-electron chi connectivity index (χ3n) is 5.07. The van der Waals surface area contributed by atoms with Gasteiger partial charge in [0.25, 0.3) is 0 Å². The van der Waals surface area contributed by atoms with Crippen molar-refractivity contribution in [3.8, 4) is 0 Å². The van der Waals surface area contributed by atoms with Crippen LogP contribution < -0.4 is 5.32 Å². The summed E-state index contributed by atoms with van der Waals surface area (Å²) >= 11 is 0. The Balaban J connectivity index is 1.53. The summed E-state index contributed by atoms with van der Waals surface area (Å²) in [4.78, 5) is 16.6. The number of hydrogen-bond donors (Lipinski definition) is 1. The lowest BCUT2D eigenvalue weighted by atomic mass is 9.78. The molecular formula is C18H25N3O2S. The van der Waals surface area contributed by atoms with Gasteiger partial charge in [-0.15, -0.1) is 0 Å². The summed E-state index contributed by atoms with van der Waals surface area (Å²) in [5.41, 5.74) is 1.59. The van der Waals surface area contributed by atoms with Gasteiger partial charge < -0.3 is 9.72 Å². The molecule has 2 aromatic rings. The van der Waals surface area contributed by atoms with Gasteiger partial charge in [0.15, 0.2) is 0 Å². The van der Waals surface area contributed by atoms with E-state index in [9.17, 15) is 9.00 Å². The standard InChI is InChI=1S/C18H25N3O2S/c1-13-6-5-7-16(14(13)2)20-18(22)12-24(23)11-15-10-21-9-4-3-8-17(21)19-15/h3-4,8-10,13-14,16H,5-7,11-12H2,1-2H3,(H,20,22). The lowest BCUT2D eigenvalue weighted by Crippen LogP contribution is -2.45. The van der Waals surface area contributed by atoms with Gasteiger partial charge in [-0.25, -0.2) is 4.98 Å². The minimum Gasteiger partial charge on any atom is -0.352 e. The molecule has 130 valence electrons. The van der Waals surface area contributed by atoms with Crippen molar-refractivity contribution in [2.45, 2.75) is 44.9 Å². The lowest BCUT2D eigenvalue weighted by Gasteiger charge is -2.34. The van der Waals surface area contributed by atoms with Gasteiger partial charge in [-0.05, 0) is 30.4 Å².